The Labute approximate surface area is 158 Å². The largest absolute Gasteiger partial charge is 0.351 e. The number of pyridine rings is 1. The van der Waals surface area contributed by atoms with Crippen LogP contribution in [-0.4, -0.2) is 36.3 Å². The molecule has 0 radical (unpaired) electrons. The van der Waals surface area contributed by atoms with Crippen LogP contribution in [0.5, 0.6) is 0 Å². The summed E-state index contributed by atoms with van der Waals surface area (Å²) in [6.45, 7) is 4.58. The van der Waals surface area contributed by atoms with Crippen LogP contribution in [-0.2, 0) is 11.3 Å². The molecule has 7 nitrogen and oxygen atoms in total. The number of hydrogen-bond donors (Lipinski definition) is 1. The van der Waals surface area contributed by atoms with Crippen molar-refractivity contribution in [1.29, 1.82) is 0 Å². The Balaban J connectivity index is 1.65. The molecule has 26 heavy (non-hydrogen) atoms. The maximum absolute atomic E-state index is 12.7. The molecule has 2 heterocycles. The van der Waals surface area contributed by atoms with Crippen LogP contribution in [0.15, 0.2) is 29.7 Å². The summed E-state index contributed by atoms with van der Waals surface area (Å²) in [7, 11) is 0. The van der Waals surface area contributed by atoms with Crippen LogP contribution in [0, 0.1) is 5.92 Å². The van der Waals surface area contributed by atoms with E-state index in [1.54, 1.807) is 12.4 Å². The Bertz CT molecular complexity index is 699. The van der Waals surface area contributed by atoms with E-state index in [4.69, 9.17) is 0 Å². The van der Waals surface area contributed by atoms with Crippen molar-refractivity contribution in [2.45, 2.75) is 68.9 Å². The highest BCUT2D eigenvalue weighted by Crippen LogP contribution is 2.33. The lowest BCUT2D eigenvalue weighted by Gasteiger charge is -2.24. The third kappa shape index (κ3) is 4.81. The van der Waals surface area contributed by atoms with E-state index in [0.29, 0.717) is 12.6 Å². The maximum Gasteiger partial charge on any atom is 0.234 e. The number of carbonyl (C=O) groups is 1. The summed E-state index contributed by atoms with van der Waals surface area (Å²) >= 11 is 1.47. The molecule has 140 valence electrons. The number of nitrogens with one attached hydrogen (secondary N) is 1. The van der Waals surface area contributed by atoms with Crippen LogP contribution in [0.4, 0.5) is 0 Å². The highest BCUT2D eigenvalue weighted by atomic mass is 32.2. The van der Waals surface area contributed by atoms with E-state index >= 15 is 0 Å². The van der Waals surface area contributed by atoms with Crippen molar-refractivity contribution in [2.75, 3.05) is 0 Å². The number of carbonyl (C=O) groups excluding carboxylic acids is 1. The van der Waals surface area contributed by atoms with Gasteiger partial charge in [-0.15, -0.1) is 5.10 Å². The Kier molecular flexibility index (Phi) is 6.60. The molecular weight excluding hydrogens is 348 g/mol. The summed E-state index contributed by atoms with van der Waals surface area (Å²) in [4.78, 5) is 16.8. The average molecular weight is 375 g/mol. The van der Waals surface area contributed by atoms with Gasteiger partial charge in [-0.1, -0.05) is 50.9 Å². The van der Waals surface area contributed by atoms with Crippen molar-refractivity contribution in [3.63, 3.8) is 0 Å². The van der Waals surface area contributed by atoms with Gasteiger partial charge in [0.05, 0.1) is 11.3 Å². The molecule has 1 atom stereocenters. The van der Waals surface area contributed by atoms with Gasteiger partial charge < -0.3 is 5.32 Å². The van der Waals surface area contributed by atoms with Crippen molar-refractivity contribution in [1.82, 2.24) is 30.5 Å². The third-order valence-electron chi connectivity index (χ3n) is 4.67. The monoisotopic (exact) mass is 374 g/mol. The number of rotatable bonds is 7. The number of amides is 1. The second kappa shape index (κ2) is 9.12. The highest BCUT2D eigenvalue weighted by Gasteiger charge is 2.28. The first-order chi connectivity index (χ1) is 12.6. The maximum atomic E-state index is 12.7. The lowest BCUT2D eigenvalue weighted by Crippen LogP contribution is -2.35. The molecule has 1 amide bonds. The predicted octanol–water partition coefficient (Wildman–Crippen LogP) is 3.01. The van der Waals surface area contributed by atoms with Gasteiger partial charge in [-0.2, -0.15) is 0 Å². The first-order valence-electron chi connectivity index (χ1n) is 9.26. The summed E-state index contributed by atoms with van der Waals surface area (Å²) in [6, 6.07) is 4.18. The van der Waals surface area contributed by atoms with Gasteiger partial charge in [-0.25, -0.2) is 4.68 Å². The van der Waals surface area contributed by atoms with Gasteiger partial charge >= 0.3 is 0 Å². The number of tetrazole rings is 1. The molecular formula is C18H26N6OS. The zero-order chi connectivity index (χ0) is 18.4. The SMILES string of the molecule is CC(C)[C@@H](Sc1nnnn1C1CCCCC1)C(=O)NCc1cccnc1. The molecule has 1 fully saturated rings. The van der Waals surface area contributed by atoms with E-state index in [1.165, 1.54) is 31.0 Å². The Hall–Kier alpha value is -1.96. The van der Waals surface area contributed by atoms with Crippen molar-refractivity contribution < 1.29 is 4.79 Å². The minimum absolute atomic E-state index is 0.00653. The molecule has 0 spiro atoms. The van der Waals surface area contributed by atoms with Crippen molar-refractivity contribution >= 4 is 17.7 Å². The molecule has 2 aromatic heterocycles. The van der Waals surface area contributed by atoms with Crippen molar-refractivity contribution in [3.05, 3.63) is 30.1 Å². The first kappa shape index (κ1) is 18.8. The highest BCUT2D eigenvalue weighted by molar-refractivity contribution is 8.00. The first-order valence-corrected chi connectivity index (χ1v) is 10.1. The Morgan fingerprint density at radius 3 is 2.85 bits per heavy atom. The number of nitrogens with zero attached hydrogens (tertiary/aromatic N) is 5. The molecule has 2 aromatic rings. The summed E-state index contributed by atoms with van der Waals surface area (Å²) in [5.74, 6) is 0.178. The van der Waals surface area contributed by atoms with Crippen LogP contribution in [0.25, 0.3) is 0 Å². The van der Waals surface area contributed by atoms with E-state index in [1.807, 2.05) is 16.8 Å². The smallest absolute Gasteiger partial charge is 0.234 e. The molecule has 0 aromatic carbocycles. The van der Waals surface area contributed by atoms with Gasteiger partial charge in [-0.3, -0.25) is 9.78 Å². The molecule has 0 aliphatic heterocycles. The van der Waals surface area contributed by atoms with Crippen LogP contribution in [0.2, 0.25) is 0 Å². The fourth-order valence-electron chi connectivity index (χ4n) is 3.22. The lowest BCUT2D eigenvalue weighted by molar-refractivity contribution is -0.121. The van der Waals surface area contributed by atoms with Gasteiger partial charge in [0.15, 0.2) is 0 Å². The second-order valence-corrected chi connectivity index (χ2v) is 8.17. The summed E-state index contributed by atoms with van der Waals surface area (Å²) in [5, 5.41) is 15.8. The fraction of sp³-hybridized carbons (Fsp3) is 0.611. The zero-order valence-corrected chi connectivity index (χ0v) is 16.2. The predicted molar refractivity (Wildman–Crippen MR) is 101 cm³/mol. The summed E-state index contributed by atoms with van der Waals surface area (Å²) in [5.41, 5.74) is 0.986. The second-order valence-electron chi connectivity index (χ2n) is 7.06. The van der Waals surface area contributed by atoms with Gasteiger partial charge in [0.2, 0.25) is 11.1 Å². The number of hydrogen-bond acceptors (Lipinski definition) is 6. The van der Waals surface area contributed by atoms with Crippen LogP contribution in [0.1, 0.15) is 57.6 Å². The van der Waals surface area contributed by atoms with Crippen LogP contribution >= 0.6 is 11.8 Å². The minimum atomic E-state index is -0.236. The normalized spacial score (nSPS) is 16.6. The van der Waals surface area contributed by atoms with E-state index in [9.17, 15) is 4.79 Å². The zero-order valence-electron chi connectivity index (χ0n) is 15.3. The van der Waals surface area contributed by atoms with Crippen molar-refractivity contribution in [3.8, 4) is 0 Å². The Morgan fingerprint density at radius 1 is 1.35 bits per heavy atom. The molecule has 1 aliphatic carbocycles. The van der Waals surface area contributed by atoms with Gasteiger partial charge in [0, 0.05) is 18.9 Å². The van der Waals surface area contributed by atoms with E-state index in [-0.39, 0.29) is 17.1 Å². The number of thioether (sulfide) groups is 1. The molecule has 1 N–H and O–H groups in total. The third-order valence-corrected chi connectivity index (χ3v) is 6.16. The number of aromatic nitrogens is 5. The fourth-order valence-corrected chi connectivity index (χ4v) is 4.28. The molecule has 1 saturated carbocycles. The van der Waals surface area contributed by atoms with E-state index in [0.717, 1.165) is 23.6 Å². The van der Waals surface area contributed by atoms with Gasteiger partial charge in [-0.05, 0) is 40.8 Å². The van der Waals surface area contributed by atoms with Crippen molar-refractivity contribution in [2.24, 2.45) is 5.92 Å². The van der Waals surface area contributed by atoms with E-state index < -0.39 is 0 Å². The summed E-state index contributed by atoms with van der Waals surface area (Å²) in [6.07, 6.45) is 9.43. The molecule has 3 rings (SSSR count). The minimum Gasteiger partial charge on any atom is -0.351 e. The van der Waals surface area contributed by atoms with Gasteiger partial charge in [0.1, 0.15) is 0 Å². The Morgan fingerprint density at radius 2 is 2.15 bits per heavy atom. The molecule has 8 heteroatoms. The molecule has 0 bridgehead atoms. The van der Waals surface area contributed by atoms with E-state index in [2.05, 4.69) is 39.7 Å². The molecule has 0 saturated heterocycles. The topological polar surface area (TPSA) is 85.6 Å². The molecule has 0 unspecified atom stereocenters. The lowest BCUT2D eigenvalue weighted by atomic mass is 9.96. The van der Waals surface area contributed by atoms with Crippen LogP contribution in [0.3, 0.4) is 0 Å². The standard InChI is InChI=1S/C18H26N6OS/c1-13(2)16(17(25)20-12-14-7-6-10-19-11-14)26-18-21-22-23-24(18)15-8-4-3-5-9-15/h6-7,10-11,13,15-16H,3-5,8-9,12H2,1-2H3,(H,20,25)/t16-/m1/s1. The average Bonchev–Trinajstić information content (AvgIpc) is 3.14. The van der Waals surface area contributed by atoms with Gasteiger partial charge in [0.25, 0.3) is 0 Å². The molecule has 1 aliphatic rings. The quantitative estimate of drug-likeness (QED) is 0.750. The van der Waals surface area contributed by atoms with Crippen LogP contribution < -0.4 is 5.32 Å². The summed E-state index contributed by atoms with van der Waals surface area (Å²) < 4.78 is 1.92.